The van der Waals surface area contributed by atoms with E-state index in [1.807, 2.05) is 0 Å². The van der Waals surface area contributed by atoms with Gasteiger partial charge in [-0.2, -0.15) is 0 Å². The predicted molar refractivity (Wildman–Crippen MR) is 63.9 cm³/mol. The molecule has 0 radical (unpaired) electrons. The fourth-order valence-corrected chi connectivity index (χ4v) is 1.74. The first-order valence-electron chi connectivity index (χ1n) is 4.91. The van der Waals surface area contributed by atoms with Crippen LogP contribution in [0.1, 0.15) is 0 Å². The topological polar surface area (TPSA) is 129 Å². The van der Waals surface area contributed by atoms with Crippen molar-refractivity contribution >= 4 is 27.8 Å². The van der Waals surface area contributed by atoms with E-state index in [0.29, 0.717) is 0 Å². The van der Waals surface area contributed by atoms with Crippen LogP contribution >= 0.6 is 0 Å². The Hall–Kier alpha value is -3.10. The van der Waals surface area contributed by atoms with Gasteiger partial charge in [0.2, 0.25) is 0 Å². The van der Waals surface area contributed by atoms with E-state index in [4.69, 9.17) is 0 Å². The lowest BCUT2D eigenvalue weighted by Gasteiger charge is -2.00. The highest BCUT2D eigenvalue weighted by Crippen LogP contribution is 2.36. The largest absolute Gasteiger partial charge is 0.353 e. The number of non-ortho nitro benzene ring substituents is 1. The van der Waals surface area contributed by atoms with Crippen LogP contribution in [0.2, 0.25) is 0 Å². The van der Waals surface area contributed by atoms with Gasteiger partial charge in [0.1, 0.15) is 0 Å². The maximum Gasteiger partial charge on any atom is 0.353 e. The first-order chi connectivity index (χ1) is 8.91. The molecule has 0 atom stereocenters. The second-order valence-corrected chi connectivity index (χ2v) is 3.61. The summed E-state index contributed by atoms with van der Waals surface area (Å²) >= 11 is 0. The van der Waals surface area contributed by atoms with Crippen LogP contribution in [0, 0.1) is 30.3 Å². The maximum absolute atomic E-state index is 10.9. The third-order valence-electron chi connectivity index (χ3n) is 2.54. The summed E-state index contributed by atoms with van der Waals surface area (Å²) in [6.45, 7) is 0. The van der Waals surface area contributed by atoms with Crippen LogP contribution in [-0.4, -0.2) is 14.8 Å². The Balaban J connectivity index is 2.83. The minimum atomic E-state index is -0.869. The molecule has 2 rings (SSSR count). The summed E-state index contributed by atoms with van der Waals surface area (Å²) in [7, 11) is 0. The Kier molecular flexibility index (Phi) is 2.79. The van der Waals surface area contributed by atoms with Gasteiger partial charge in [0.15, 0.2) is 0 Å². The van der Waals surface area contributed by atoms with Crippen LogP contribution in [-0.2, 0) is 0 Å². The van der Waals surface area contributed by atoms with E-state index in [2.05, 4.69) is 0 Å². The molecule has 0 saturated heterocycles. The van der Waals surface area contributed by atoms with Gasteiger partial charge < -0.3 is 0 Å². The van der Waals surface area contributed by atoms with Crippen LogP contribution in [0.4, 0.5) is 17.1 Å². The molecule has 0 aliphatic heterocycles. The van der Waals surface area contributed by atoms with Crippen LogP contribution in [0.3, 0.4) is 0 Å². The summed E-state index contributed by atoms with van der Waals surface area (Å²) in [6, 6.07) is 5.54. The van der Waals surface area contributed by atoms with Crippen molar-refractivity contribution in [2.24, 2.45) is 0 Å². The Morgan fingerprint density at radius 2 is 1.47 bits per heavy atom. The van der Waals surface area contributed by atoms with Crippen LogP contribution in [0.25, 0.3) is 10.8 Å². The number of rotatable bonds is 3. The number of nitrogens with zero attached hydrogens (tertiary/aromatic N) is 3. The molecule has 0 N–H and O–H groups in total. The lowest BCUT2D eigenvalue weighted by Crippen LogP contribution is -1.97. The molecule has 0 aromatic heterocycles. The molecule has 0 amide bonds. The maximum atomic E-state index is 10.9. The van der Waals surface area contributed by atoms with Gasteiger partial charge in [-0.3, -0.25) is 30.3 Å². The van der Waals surface area contributed by atoms with Gasteiger partial charge in [-0.25, -0.2) is 0 Å². The first kappa shape index (κ1) is 12.4. The van der Waals surface area contributed by atoms with Crippen LogP contribution in [0.5, 0.6) is 0 Å². The molecule has 0 spiro atoms. The van der Waals surface area contributed by atoms with E-state index >= 15 is 0 Å². The molecule has 0 aliphatic carbocycles. The fourth-order valence-electron chi connectivity index (χ4n) is 1.74. The number of nitro benzene ring substituents is 3. The van der Waals surface area contributed by atoms with Crippen molar-refractivity contribution in [3.05, 3.63) is 60.7 Å². The highest BCUT2D eigenvalue weighted by Gasteiger charge is 2.27. The monoisotopic (exact) mass is 263 g/mol. The van der Waals surface area contributed by atoms with Crippen molar-refractivity contribution in [3.63, 3.8) is 0 Å². The molecule has 0 aliphatic rings. The van der Waals surface area contributed by atoms with Crippen molar-refractivity contribution in [3.8, 4) is 0 Å². The van der Waals surface area contributed by atoms with E-state index < -0.39 is 26.1 Å². The van der Waals surface area contributed by atoms with Crippen molar-refractivity contribution in [2.75, 3.05) is 0 Å². The van der Waals surface area contributed by atoms with Gasteiger partial charge in [-0.15, -0.1) is 0 Å². The number of hydrogen-bond acceptors (Lipinski definition) is 6. The van der Waals surface area contributed by atoms with Crippen molar-refractivity contribution < 1.29 is 14.8 Å². The Labute approximate surface area is 104 Å². The summed E-state index contributed by atoms with van der Waals surface area (Å²) in [5.41, 5.74) is -1.56. The molecule has 96 valence electrons. The average Bonchev–Trinajstić information content (AvgIpc) is 2.35. The minimum Gasteiger partial charge on any atom is -0.258 e. The molecule has 0 saturated carbocycles. The number of benzene rings is 2. The predicted octanol–water partition coefficient (Wildman–Crippen LogP) is 2.56. The first-order valence-corrected chi connectivity index (χ1v) is 4.91. The number of fused-ring (bicyclic) bond motifs is 1. The van der Waals surface area contributed by atoms with E-state index in [9.17, 15) is 30.3 Å². The summed E-state index contributed by atoms with van der Waals surface area (Å²) in [4.78, 5) is 29.9. The molecule has 0 heterocycles. The molecule has 2 aromatic carbocycles. The molecular formula is C10H5N3O6. The van der Waals surface area contributed by atoms with Gasteiger partial charge in [0.05, 0.1) is 20.2 Å². The molecule has 9 heteroatoms. The van der Waals surface area contributed by atoms with E-state index in [1.54, 1.807) is 0 Å². The molecule has 19 heavy (non-hydrogen) atoms. The molecule has 0 fully saturated rings. The lowest BCUT2D eigenvalue weighted by molar-refractivity contribution is -0.421. The second-order valence-electron chi connectivity index (χ2n) is 3.61. The second kappa shape index (κ2) is 4.29. The minimum absolute atomic E-state index is 0.00944. The van der Waals surface area contributed by atoms with E-state index in [0.717, 1.165) is 24.3 Å². The Morgan fingerprint density at radius 1 is 0.789 bits per heavy atom. The third-order valence-corrected chi connectivity index (χ3v) is 2.54. The zero-order valence-electron chi connectivity index (χ0n) is 9.18. The lowest BCUT2D eigenvalue weighted by atomic mass is 10.1. The van der Waals surface area contributed by atoms with Gasteiger partial charge in [-0.05, 0) is 17.5 Å². The quantitative estimate of drug-likeness (QED) is 0.617. The fraction of sp³-hybridized carbons (Fsp3) is 0. The van der Waals surface area contributed by atoms with E-state index in [1.165, 1.54) is 6.07 Å². The standard InChI is InChI=1S/C10H5N3O6/c14-11(15)7-2-3-8-6(5-7)1-4-9(12(16)17)10(8)13(18)19/h1-5H. The van der Waals surface area contributed by atoms with Gasteiger partial charge in [-0.1, -0.05) is 0 Å². The average molecular weight is 263 g/mol. The number of nitro groups is 3. The number of hydrogen-bond donors (Lipinski definition) is 0. The van der Waals surface area contributed by atoms with Crippen LogP contribution in [0.15, 0.2) is 30.3 Å². The zero-order chi connectivity index (χ0) is 14.2. The molecule has 9 nitrogen and oxygen atoms in total. The van der Waals surface area contributed by atoms with Gasteiger partial charge >= 0.3 is 11.4 Å². The van der Waals surface area contributed by atoms with Gasteiger partial charge in [0.25, 0.3) is 5.69 Å². The molecular weight excluding hydrogens is 258 g/mol. The highest BCUT2D eigenvalue weighted by molar-refractivity contribution is 5.96. The highest BCUT2D eigenvalue weighted by atomic mass is 16.6. The SMILES string of the molecule is O=[N+]([O-])c1ccc2c([N+](=O)[O-])c([N+](=O)[O-])ccc2c1. The summed E-state index contributed by atoms with van der Waals surface area (Å²) in [5.74, 6) is 0. The summed E-state index contributed by atoms with van der Waals surface area (Å²) in [6.07, 6.45) is 0. The molecule has 0 bridgehead atoms. The third kappa shape index (κ3) is 2.04. The van der Waals surface area contributed by atoms with Crippen LogP contribution < -0.4 is 0 Å². The van der Waals surface area contributed by atoms with Crippen molar-refractivity contribution in [1.29, 1.82) is 0 Å². The smallest absolute Gasteiger partial charge is 0.258 e. The zero-order valence-corrected chi connectivity index (χ0v) is 9.18. The summed E-state index contributed by atoms with van der Waals surface area (Å²) < 4.78 is 0. The Bertz CT molecular complexity index is 727. The van der Waals surface area contributed by atoms with Crippen molar-refractivity contribution in [1.82, 2.24) is 0 Å². The normalized spacial score (nSPS) is 10.3. The van der Waals surface area contributed by atoms with E-state index in [-0.39, 0.29) is 16.5 Å². The van der Waals surface area contributed by atoms with Crippen molar-refractivity contribution in [2.45, 2.75) is 0 Å². The molecule has 0 unspecified atom stereocenters. The molecule has 2 aromatic rings. The Morgan fingerprint density at radius 3 is 2.00 bits per heavy atom. The summed E-state index contributed by atoms with van der Waals surface area (Å²) in [5, 5.41) is 32.5. The van der Waals surface area contributed by atoms with Gasteiger partial charge in [0, 0.05) is 18.2 Å².